The second-order valence-corrected chi connectivity index (χ2v) is 8.01. The number of hydrogen-bond donors (Lipinski definition) is 0. The van der Waals surface area contributed by atoms with Crippen LogP contribution in [0.3, 0.4) is 0 Å². The molecule has 1 amide bonds. The molecule has 0 aliphatic carbocycles. The summed E-state index contributed by atoms with van der Waals surface area (Å²) in [5, 5.41) is 12.9. The highest BCUT2D eigenvalue weighted by atomic mass is 35.5. The van der Waals surface area contributed by atoms with Gasteiger partial charge in [-0.3, -0.25) is 4.79 Å². The fourth-order valence-electron chi connectivity index (χ4n) is 2.18. The Kier molecular flexibility index (Phi) is 5.30. The van der Waals surface area contributed by atoms with E-state index in [0.29, 0.717) is 11.4 Å². The predicted octanol–water partition coefficient (Wildman–Crippen LogP) is 1.85. The Labute approximate surface area is 164 Å². The molecule has 3 rings (SSSR count). The molecule has 0 fully saturated rings. The van der Waals surface area contributed by atoms with Crippen LogP contribution in [0.4, 0.5) is 0 Å². The van der Waals surface area contributed by atoms with E-state index in [1.54, 1.807) is 12.1 Å². The SMILES string of the molecule is CS(=O)(=O)c1cc(Cl)cc(C(=O)N=Cc2ncnn2-c2ccc(C#N)cn2)c1. The molecule has 1 aromatic carbocycles. The molecular weight excluding hydrogens is 404 g/mol. The van der Waals surface area contributed by atoms with Gasteiger partial charge in [0.2, 0.25) is 0 Å². The van der Waals surface area contributed by atoms with E-state index < -0.39 is 15.7 Å². The number of pyridine rings is 1. The van der Waals surface area contributed by atoms with E-state index in [-0.39, 0.29) is 21.3 Å². The molecule has 0 aliphatic rings. The van der Waals surface area contributed by atoms with Crippen molar-refractivity contribution in [1.29, 1.82) is 5.26 Å². The Morgan fingerprint density at radius 2 is 2.07 bits per heavy atom. The van der Waals surface area contributed by atoms with E-state index >= 15 is 0 Å². The zero-order chi connectivity index (χ0) is 20.3. The standard InChI is InChI=1S/C17H11ClN6O3S/c1-28(26,27)14-5-12(4-13(18)6-14)17(25)21-9-16-22-10-23-24(16)15-3-2-11(7-19)8-20-15/h2-6,8-10H,1H3. The van der Waals surface area contributed by atoms with Gasteiger partial charge in [0.25, 0.3) is 5.91 Å². The van der Waals surface area contributed by atoms with Crippen molar-refractivity contribution in [2.45, 2.75) is 4.90 Å². The molecule has 0 unspecified atom stereocenters. The van der Waals surface area contributed by atoms with Gasteiger partial charge < -0.3 is 0 Å². The number of nitrogens with zero attached hydrogens (tertiary/aromatic N) is 6. The zero-order valence-electron chi connectivity index (χ0n) is 14.3. The number of benzene rings is 1. The van der Waals surface area contributed by atoms with E-state index in [9.17, 15) is 13.2 Å². The van der Waals surface area contributed by atoms with Crippen LogP contribution in [-0.4, -0.2) is 46.5 Å². The molecule has 0 saturated carbocycles. The summed E-state index contributed by atoms with van der Waals surface area (Å²) >= 11 is 5.90. The molecular formula is C17H11ClN6O3S. The van der Waals surface area contributed by atoms with Crippen LogP contribution in [0.1, 0.15) is 21.7 Å². The van der Waals surface area contributed by atoms with Crippen LogP contribution < -0.4 is 0 Å². The van der Waals surface area contributed by atoms with Gasteiger partial charge in [-0.2, -0.15) is 15.0 Å². The minimum Gasteiger partial charge on any atom is -0.267 e. The second-order valence-electron chi connectivity index (χ2n) is 5.56. The molecule has 140 valence electrons. The molecule has 2 aromatic heterocycles. The number of halogens is 1. The fraction of sp³-hybridized carbons (Fsp3) is 0.0588. The molecule has 0 radical (unpaired) electrons. The third-order valence-corrected chi connectivity index (χ3v) is 4.82. The van der Waals surface area contributed by atoms with E-state index in [1.165, 1.54) is 41.6 Å². The smallest absolute Gasteiger partial charge is 0.267 e. The number of carbonyl (C=O) groups excluding carboxylic acids is 1. The van der Waals surface area contributed by atoms with Gasteiger partial charge in [0.05, 0.1) is 16.7 Å². The van der Waals surface area contributed by atoms with Crippen molar-refractivity contribution in [2.75, 3.05) is 6.26 Å². The summed E-state index contributed by atoms with van der Waals surface area (Å²) in [6, 6.07) is 8.87. The van der Waals surface area contributed by atoms with Crippen molar-refractivity contribution in [3.63, 3.8) is 0 Å². The highest BCUT2D eigenvalue weighted by molar-refractivity contribution is 7.90. The lowest BCUT2D eigenvalue weighted by Gasteiger charge is -2.03. The number of aromatic nitrogens is 4. The lowest BCUT2D eigenvalue weighted by molar-refractivity contribution is 0.100. The van der Waals surface area contributed by atoms with Gasteiger partial charge in [-0.05, 0) is 30.3 Å². The quantitative estimate of drug-likeness (QED) is 0.595. The summed E-state index contributed by atoms with van der Waals surface area (Å²) in [6.45, 7) is 0. The number of nitriles is 1. The van der Waals surface area contributed by atoms with Crippen molar-refractivity contribution in [3.8, 4) is 11.9 Å². The third kappa shape index (κ3) is 4.28. The van der Waals surface area contributed by atoms with Gasteiger partial charge in [0, 0.05) is 23.0 Å². The Morgan fingerprint density at radius 3 is 2.71 bits per heavy atom. The fourth-order valence-corrected chi connectivity index (χ4v) is 3.17. The van der Waals surface area contributed by atoms with Crippen molar-refractivity contribution in [1.82, 2.24) is 19.7 Å². The predicted molar refractivity (Wildman–Crippen MR) is 100 cm³/mol. The number of amides is 1. The van der Waals surface area contributed by atoms with Gasteiger partial charge in [0.15, 0.2) is 21.5 Å². The third-order valence-electron chi connectivity index (χ3n) is 3.51. The molecule has 3 aromatic rings. The van der Waals surface area contributed by atoms with Crippen LogP contribution in [0, 0.1) is 11.3 Å². The first-order valence-electron chi connectivity index (χ1n) is 7.63. The number of carbonyl (C=O) groups is 1. The molecule has 0 spiro atoms. The first-order valence-corrected chi connectivity index (χ1v) is 9.90. The maximum absolute atomic E-state index is 12.3. The average Bonchev–Trinajstić information content (AvgIpc) is 3.13. The maximum atomic E-state index is 12.3. The number of sulfone groups is 1. The monoisotopic (exact) mass is 414 g/mol. The zero-order valence-corrected chi connectivity index (χ0v) is 15.9. The minimum atomic E-state index is -3.53. The Bertz CT molecular complexity index is 1230. The molecule has 0 saturated heterocycles. The topological polar surface area (TPSA) is 131 Å². The summed E-state index contributed by atoms with van der Waals surface area (Å²) in [5.41, 5.74) is 0.406. The highest BCUT2D eigenvalue weighted by Crippen LogP contribution is 2.19. The van der Waals surface area contributed by atoms with Crippen molar-refractivity contribution in [2.24, 2.45) is 4.99 Å². The largest absolute Gasteiger partial charge is 0.277 e. The average molecular weight is 415 g/mol. The van der Waals surface area contributed by atoms with Crippen molar-refractivity contribution in [3.05, 3.63) is 64.8 Å². The summed E-state index contributed by atoms with van der Waals surface area (Å²) in [5.74, 6) is -0.0989. The maximum Gasteiger partial charge on any atom is 0.277 e. The molecule has 28 heavy (non-hydrogen) atoms. The normalized spacial score (nSPS) is 11.5. The molecule has 0 aliphatic heterocycles. The van der Waals surface area contributed by atoms with Gasteiger partial charge in [-0.25, -0.2) is 23.4 Å². The summed E-state index contributed by atoms with van der Waals surface area (Å²) < 4.78 is 24.7. The number of aliphatic imine (C=N–C) groups is 1. The first-order chi connectivity index (χ1) is 13.3. The minimum absolute atomic E-state index is 0.0201. The van der Waals surface area contributed by atoms with E-state index in [1.807, 2.05) is 6.07 Å². The van der Waals surface area contributed by atoms with Crippen LogP contribution in [0.2, 0.25) is 5.02 Å². The Hall–Kier alpha value is -3.42. The van der Waals surface area contributed by atoms with Gasteiger partial charge in [-0.1, -0.05) is 11.6 Å². The molecule has 9 nitrogen and oxygen atoms in total. The van der Waals surface area contributed by atoms with Crippen molar-refractivity contribution >= 4 is 33.6 Å². The number of rotatable bonds is 4. The lowest BCUT2D eigenvalue weighted by Crippen LogP contribution is -2.06. The van der Waals surface area contributed by atoms with Crippen LogP contribution in [-0.2, 0) is 9.84 Å². The lowest BCUT2D eigenvalue weighted by atomic mass is 10.2. The van der Waals surface area contributed by atoms with Gasteiger partial charge >= 0.3 is 0 Å². The Balaban J connectivity index is 1.89. The molecule has 0 atom stereocenters. The molecule has 11 heteroatoms. The van der Waals surface area contributed by atoms with E-state index in [4.69, 9.17) is 16.9 Å². The van der Waals surface area contributed by atoms with E-state index in [2.05, 4.69) is 20.1 Å². The van der Waals surface area contributed by atoms with Gasteiger partial charge in [0.1, 0.15) is 12.4 Å². The Morgan fingerprint density at radius 1 is 1.29 bits per heavy atom. The summed E-state index contributed by atoms with van der Waals surface area (Å²) in [6.07, 6.45) is 4.83. The molecule has 2 heterocycles. The highest BCUT2D eigenvalue weighted by Gasteiger charge is 2.14. The number of hydrogen-bond acceptors (Lipinski definition) is 7. The summed E-state index contributed by atoms with van der Waals surface area (Å²) in [7, 11) is -3.53. The second kappa shape index (κ2) is 7.67. The first kappa shape index (κ1) is 19.3. The van der Waals surface area contributed by atoms with Crippen LogP contribution >= 0.6 is 11.6 Å². The van der Waals surface area contributed by atoms with E-state index in [0.717, 1.165) is 6.26 Å². The van der Waals surface area contributed by atoms with Gasteiger partial charge in [-0.15, -0.1) is 0 Å². The molecule has 0 N–H and O–H groups in total. The summed E-state index contributed by atoms with van der Waals surface area (Å²) in [4.78, 5) is 24.2. The van der Waals surface area contributed by atoms with Crippen molar-refractivity contribution < 1.29 is 13.2 Å². The van der Waals surface area contributed by atoms with Crippen LogP contribution in [0.25, 0.3) is 5.82 Å². The molecule has 0 bridgehead atoms. The van der Waals surface area contributed by atoms with Crippen LogP contribution in [0.5, 0.6) is 0 Å². The van der Waals surface area contributed by atoms with Crippen LogP contribution in [0.15, 0.2) is 52.7 Å².